The summed E-state index contributed by atoms with van der Waals surface area (Å²) in [7, 11) is 2.76. The Labute approximate surface area is 137 Å². The molecule has 23 heavy (non-hydrogen) atoms. The molecule has 0 radical (unpaired) electrons. The highest BCUT2D eigenvalue weighted by atomic mass is 16.2. The summed E-state index contributed by atoms with van der Waals surface area (Å²) in [6.45, 7) is 9.74. The molecular formula is C15H28N5O3+. The van der Waals surface area contributed by atoms with Crippen LogP contribution in [0.4, 0.5) is 4.79 Å². The number of nitrogens with zero attached hydrogens (tertiary/aromatic N) is 2. The Morgan fingerprint density at radius 2 is 1.65 bits per heavy atom. The normalized spacial score (nSPS) is 17.5. The summed E-state index contributed by atoms with van der Waals surface area (Å²) in [5.74, 6) is -2.05. The summed E-state index contributed by atoms with van der Waals surface area (Å²) in [4.78, 5) is 39.7. The van der Waals surface area contributed by atoms with Crippen LogP contribution in [-0.4, -0.2) is 67.9 Å². The van der Waals surface area contributed by atoms with Crippen LogP contribution in [0.1, 0.15) is 20.8 Å². The molecule has 8 heteroatoms. The number of hydrazine groups is 1. The summed E-state index contributed by atoms with van der Waals surface area (Å²) >= 11 is 0. The molecule has 0 atom stereocenters. The summed E-state index contributed by atoms with van der Waals surface area (Å²) in [6, 6.07) is -0.607. The summed E-state index contributed by atoms with van der Waals surface area (Å²) in [6.07, 6.45) is 1.68. The van der Waals surface area contributed by atoms with Crippen molar-refractivity contribution in [1.82, 2.24) is 20.7 Å². The van der Waals surface area contributed by atoms with Gasteiger partial charge in [0.25, 0.3) is 0 Å². The lowest BCUT2D eigenvalue weighted by Crippen LogP contribution is -3.12. The van der Waals surface area contributed by atoms with Gasteiger partial charge in [0, 0.05) is 19.8 Å². The highest BCUT2D eigenvalue weighted by Crippen LogP contribution is 2.20. The Bertz CT molecular complexity index is 464. The summed E-state index contributed by atoms with van der Waals surface area (Å²) in [5, 5.41) is 0. The fraction of sp³-hybridized carbons (Fsp3) is 0.667. The molecule has 8 nitrogen and oxygen atoms in total. The summed E-state index contributed by atoms with van der Waals surface area (Å²) in [5.41, 5.74) is 6.46. The number of urea groups is 1. The molecule has 1 aliphatic heterocycles. The first-order valence-corrected chi connectivity index (χ1v) is 7.96. The van der Waals surface area contributed by atoms with Gasteiger partial charge in [-0.2, -0.15) is 0 Å². The average molecular weight is 326 g/mol. The van der Waals surface area contributed by atoms with Gasteiger partial charge in [0.15, 0.2) is 5.92 Å². The first-order valence-electron chi connectivity index (χ1n) is 7.96. The molecule has 130 valence electrons. The van der Waals surface area contributed by atoms with Crippen LogP contribution in [0.2, 0.25) is 0 Å². The maximum absolute atomic E-state index is 12.3. The molecular weight excluding hydrogens is 298 g/mol. The van der Waals surface area contributed by atoms with Gasteiger partial charge in [0.05, 0.1) is 26.2 Å². The van der Waals surface area contributed by atoms with Crippen molar-refractivity contribution in [2.75, 3.05) is 40.3 Å². The number of allylic oxidation sites excluding steroid dienone is 1. The number of imide groups is 2. The molecule has 1 heterocycles. The molecule has 1 fully saturated rings. The molecule has 1 saturated heterocycles. The predicted molar refractivity (Wildman–Crippen MR) is 86.2 cm³/mol. The third-order valence-electron chi connectivity index (χ3n) is 4.19. The lowest BCUT2D eigenvalue weighted by atomic mass is 10.00. The zero-order valence-corrected chi connectivity index (χ0v) is 14.6. The number of amides is 4. The van der Waals surface area contributed by atoms with E-state index in [1.165, 1.54) is 19.0 Å². The Hall–Kier alpha value is -1.93. The second-order valence-corrected chi connectivity index (χ2v) is 5.51. The van der Waals surface area contributed by atoms with Crippen molar-refractivity contribution in [3.63, 3.8) is 0 Å². The average Bonchev–Trinajstić information content (AvgIpc) is 2.56. The minimum Gasteiger partial charge on any atom is -0.334 e. The molecule has 0 bridgehead atoms. The lowest BCUT2D eigenvalue weighted by molar-refractivity contribution is -0.895. The van der Waals surface area contributed by atoms with Crippen LogP contribution in [0.5, 0.6) is 0 Å². The van der Waals surface area contributed by atoms with E-state index in [-0.39, 0.29) is 0 Å². The largest absolute Gasteiger partial charge is 0.334 e. The Morgan fingerprint density at radius 1 is 1.13 bits per heavy atom. The van der Waals surface area contributed by atoms with Crippen molar-refractivity contribution in [1.29, 1.82) is 0 Å². The van der Waals surface area contributed by atoms with Gasteiger partial charge >= 0.3 is 6.03 Å². The number of barbiturate groups is 1. The number of rotatable bonds is 8. The minimum atomic E-state index is -1.01. The molecule has 1 aliphatic rings. The zero-order valence-electron chi connectivity index (χ0n) is 14.6. The van der Waals surface area contributed by atoms with Gasteiger partial charge < -0.3 is 10.3 Å². The lowest BCUT2D eigenvalue weighted by Gasteiger charge is -2.34. The van der Waals surface area contributed by atoms with E-state index in [0.29, 0.717) is 12.2 Å². The van der Waals surface area contributed by atoms with Crippen molar-refractivity contribution in [2.24, 2.45) is 5.92 Å². The van der Waals surface area contributed by atoms with Crippen LogP contribution < -0.4 is 15.8 Å². The predicted octanol–water partition coefficient (Wildman–Crippen LogP) is -1.42. The van der Waals surface area contributed by atoms with Crippen molar-refractivity contribution in [2.45, 2.75) is 20.8 Å². The molecule has 0 saturated carbocycles. The van der Waals surface area contributed by atoms with Crippen LogP contribution in [0.3, 0.4) is 0 Å². The fourth-order valence-corrected chi connectivity index (χ4v) is 2.49. The van der Waals surface area contributed by atoms with E-state index >= 15 is 0 Å². The third-order valence-corrected chi connectivity index (χ3v) is 4.19. The van der Waals surface area contributed by atoms with Crippen molar-refractivity contribution < 1.29 is 19.3 Å². The number of hydrogen-bond donors (Lipinski definition) is 3. The van der Waals surface area contributed by atoms with E-state index in [1.807, 2.05) is 0 Å². The SMILES string of the molecule is C/C=C(/NNCC[NH+](CC)CC)C1C(=O)N(C)C(=O)N(C)C1=O. The zero-order chi connectivity index (χ0) is 17.6. The molecule has 4 amide bonds. The van der Waals surface area contributed by atoms with E-state index in [1.54, 1.807) is 13.0 Å². The molecule has 0 aromatic heterocycles. The van der Waals surface area contributed by atoms with Gasteiger partial charge in [-0.15, -0.1) is 0 Å². The first kappa shape index (κ1) is 19.1. The fourth-order valence-electron chi connectivity index (χ4n) is 2.49. The first-order chi connectivity index (χ1) is 10.9. The number of carbonyl (C=O) groups excluding carboxylic acids is 3. The van der Waals surface area contributed by atoms with Crippen LogP contribution in [0, 0.1) is 5.92 Å². The quantitative estimate of drug-likeness (QED) is 0.289. The van der Waals surface area contributed by atoms with E-state index in [0.717, 1.165) is 29.4 Å². The maximum atomic E-state index is 12.3. The highest BCUT2D eigenvalue weighted by Gasteiger charge is 2.44. The van der Waals surface area contributed by atoms with Crippen LogP contribution >= 0.6 is 0 Å². The van der Waals surface area contributed by atoms with E-state index in [9.17, 15) is 14.4 Å². The van der Waals surface area contributed by atoms with Gasteiger partial charge in [-0.25, -0.2) is 10.2 Å². The van der Waals surface area contributed by atoms with E-state index < -0.39 is 23.8 Å². The number of likely N-dealkylation sites (N-methyl/N-ethyl adjacent to an activating group) is 1. The van der Waals surface area contributed by atoms with Crippen molar-refractivity contribution in [3.05, 3.63) is 11.8 Å². The third kappa shape index (κ3) is 4.29. The molecule has 0 aromatic rings. The molecule has 3 N–H and O–H groups in total. The molecule has 0 unspecified atom stereocenters. The Kier molecular flexibility index (Phi) is 7.18. The van der Waals surface area contributed by atoms with Gasteiger partial charge in [-0.3, -0.25) is 19.4 Å². The molecule has 0 aliphatic carbocycles. The van der Waals surface area contributed by atoms with E-state index in [4.69, 9.17) is 0 Å². The molecule has 0 spiro atoms. The second-order valence-electron chi connectivity index (χ2n) is 5.51. The van der Waals surface area contributed by atoms with Crippen LogP contribution in [0.25, 0.3) is 0 Å². The van der Waals surface area contributed by atoms with E-state index in [2.05, 4.69) is 24.7 Å². The number of carbonyl (C=O) groups is 3. The minimum absolute atomic E-state index is 0.459. The maximum Gasteiger partial charge on any atom is 0.332 e. The van der Waals surface area contributed by atoms with Gasteiger partial charge in [-0.05, 0) is 20.8 Å². The van der Waals surface area contributed by atoms with Crippen molar-refractivity contribution >= 4 is 17.8 Å². The number of nitrogens with one attached hydrogen (secondary N) is 3. The summed E-state index contributed by atoms with van der Waals surface area (Å²) < 4.78 is 0. The van der Waals surface area contributed by atoms with Gasteiger partial charge in [-0.1, -0.05) is 6.08 Å². The monoisotopic (exact) mass is 326 g/mol. The second kappa shape index (κ2) is 8.64. The standard InChI is InChI=1S/C15H27N5O3/c1-6-11(17-16-9-10-20(7-2)8-3)12-13(21)18(4)15(23)19(5)14(12)22/h6,12,16-17H,7-10H2,1-5H3/p+1/b11-6+. The van der Waals surface area contributed by atoms with Crippen LogP contribution in [0.15, 0.2) is 11.8 Å². The van der Waals surface area contributed by atoms with Crippen LogP contribution in [-0.2, 0) is 9.59 Å². The van der Waals surface area contributed by atoms with Gasteiger partial charge in [0.1, 0.15) is 0 Å². The Morgan fingerprint density at radius 3 is 2.09 bits per heavy atom. The Balaban J connectivity index is 2.68. The van der Waals surface area contributed by atoms with Crippen molar-refractivity contribution in [3.8, 4) is 0 Å². The highest BCUT2D eigenvalue weighted by molar-refractivity contribution is 6.17. The number of hydrogen-bond acceptors (Lipinski definition) is 5. The molecule has 1 rings (SSSR count). The smallest absolute Gasteiger partial charge is 0.332 e. The topological polar surface area (TPSA) is 86.2 Å². The van der Waals surface area contributed by atoms with Gasteiger partial charge in [0.2, 0.25) is 11.8 Å². The number of quaternary nitrogens is 1. The molecule has 0 aromatic carbocycles.